The Hall–Kier alpha value is -3.50. The molecule has 0 saturated carbocycles. The summed E-state index contributed by atoms with van der Waals surface area (Å²) >= 11 is 0. The van der Waals surface area contributed by atoms with Crippen LogP contribution in [0.2, 0.25) is 0 Å². The summed E-state index contributed by atoms with van der Waals surface area (Å²) in [5.74, 6) is 1.08. The van der Waals surface area contributed by atoms with E-state index in [0.717, 1.165) is 53.9 Å². The van der Waals surface area contributed by atoms with Crippen LogP contribution in [0.1, 0.15) is 56.7 Å². The summed E-state index contributed by atoms with van der Waals surface area (Å²) < 4.78 is 13.5. The average Bonchev–Trinajstić information content (AvgIpc) is 3.57. The number of hydrogen-bond acceptors (Lipinski definition) is 8. The van der Waals surface area contributed by atoms with E-state index in [1.54, 1.807) is 20.4 Å². The van der Waals surface area contributed by atoms with Crippen molar-refractivity contribution in [2.45, 2.75) is 58.3 Å². The van der Waals surface area contributed by atoms with E-state index in [0.29, 0.717) is 24.6 Å². The number of tetrazole rings is 1. The summed E-state index contributed by atoms with van der Waals surface area (Å²) in [5.41, 5.74) is 3.70. The molecular formula is C25H32N8O2. The molecule has 0 aliphatic rings. The quantitative estimate of drug-likeness (QED) is 0.303. The highest BCUT2D eigenvalue weighted by atomic mass is 16.7. The molecule has 10 heteroatoms. The average molecular weight is 477 g/mol. The van der Waals surface area contributed by atoms with Gasteiger partial charge in [-0.3, -0.25) is 4.98 Å². The summed E-state index contributed by atoms with van der Waals surface area (Å²) in [6, 6.07) is 12.1. The molecule has 0 saturated heterocycles. The van der Waals surface area contributed by atoms with Gasteiger partial charge in [0.2, 0.25) is 17.4 Å². The second-order valence-electron chi connectivity index (χ2n) is 8.36. The van der Waals surface area contributed by atoms with Crippen molar-refractivity contribution in [3.05, 3.63) is 59.8 Å². The maximum atomic E-state index is 5.79. The number of ether oxygens (including phenoxy) is 2. The molecule has 35 heavy (non-hydrogen) atoms. The molecule has 1 N–H and O–H groups in total. The Kier molecular flexibility index (Phi) is 7.94. The molecule has 10 nitrogen and oxygen atoms in total. The first-order valence-corrected chi connectivity index (χ1v) is 12.0. The summed E-state index contributed by atoms with van der Waals surface area (Å²) in [7, 11) is 3.30. The molecule has 0 aliphatic heterocycles. The normalized spacial score (nSPS) is 11.8. The van der Waals surface area contributed by atoms with Gasteiger partial charge in [-0.05, 0) is 35.8 Å². The van der Waals surface area contributed by atoms with Gasteiger partial charge in [-0.2, -0.15) is 5.21 Å². The van der Waals surface area contributed by atoms with Gasteiger partial charge in [-0.1, -0.05) is 44.5 Å². The summed E-state index contributed by atoms with van der Waals surface area (Å²) in [5, 5.41) is 19.2. The second kappa shape index (κ2) is 11.3. The van der Waals surface area contributed by atoms with E-state index < -0.39 is 5.79 Å². The first-order chi connectivity index (χ1) is 17.1. The number of nitrogens with one attached hydrogen (secondary N) is 1. The van der Waals surface area contributed by atoms with Gasteiger partial charge in [0, 0.05) is 44.4 Å². The first-order valence-electron chi connectivity index (χ1n) is 12.0. The molecule has 0 bridgehead atoms. The molecule has 4 aromatic rings. The number of nitrogens with zero attached hydrogens (tertiary/aromatic N) is 7. The Labute approximate surface area is 205 Å². The van der Waals surface area contributed by atoms with Crippen LogP contribution < -0.4 is 0 Å². The van der Waals surface area contributed by atoms with Crippen molar-refractivity contribution in [1.82, 2.24) is 40.4 Å². The van der Waals surface area contributed by atoms with E-state index in [1.165, 1.54) is 0 Å². The van der Waals surface area contributed by atoms with Gasteiger partial charge >= 0.3 is 0 Å². The van der Waals surface area contributed by atoms with E-state index in [9.17, 15) is 0 Å². The van der Waals surface area contributed by atoms with Crippen LogP contribution in [0.5, 0.6) is 0 Å². The summed E-state index contributed by atoms with van der Waals surface area (Å²) in [6.07, 6.45) is 6.25. The molecule has 0 aliphatic carbocycles. The third kappa shape index (κ3) is 5.28. The van der Waals surface area contributed by atoms with E-state index >= 15 is 0 Å². The Morgan fingerprint density at radius 1 is 1.03 bits per heavy atom. The number of unbranched alkanes of at least 4 members (excludes halogenated alkanes) is 1. The smallest absolute Gasteiger partial charge is 0.231 e. The number of aromatic amines is 1. The minimum atomic E-state index is -0.932. The number of pyridine rings is 1. The molecule has 0 fully saturated rings. The number of H-pyrrole nitrogens is 1. The molecule has 3 heterocycles. The molecule has 4 rings (SSSR count). The van der Waals surface area contributed by atoms with Crippen LogP contribution in [0, 0.1) is 0 Å². The summed E-state index contributed by atoms with van der Waals surface area (Å²) in [6.45, 7) is 4.88. The molecule has 0 spiro atoms. The van der Waals surface area contributed by atoms with Gasteiger partial charge < -0.3 is 9.47 Å². The van der Waals surface area contributed by atoms with Crippen LogP contribution in [0.3, 0.4) is 0 Å². The van der Waals surface area contributed by atoms with E-state index in [2.05, 4.69) is 63.7 Å². The van der Waals surface area contributed by atoms with Crippen molar-refractivity contribution >= 4 is 0 Å². The van der Waals surface area contributed by atoms with Crippen LogP contribution >= 0.6 is 0 Å². The topological polar surface area (TPSA) is 117 Å². The second-order valence-corrected chi connectivity index (χ2v) is 8.36. The minimum Gasteiger partial charge on any atom is -0.347 e. The van der Waals surface area contributed by atoms with Gasteiger partial charge in [-0.25, -0.2) is 9.67 Å². The third-order valence-corrected chi connectivity index (χ3v) is 6.04. The van der Waals surface area contributed by atoms with Crippen LogP contribution in [-0.4, -0.2) is 54.6 Å². The van der Waals surface area contributed by atoms with E-state index in [4.69, 9.17) is 19.6 Å². The zero-order valence-electron chi connectivity index (χ0n) is 20.7. The largest absolute Gasteiger partial charge is 0.347 e. The molecular weight excluding hydrogens is 444 g/mol. The van der Waals surface area contributed by atoms with Gasteiger partial charge in [-0.15, -0.1) is 15.3 Å². The lowest BCUT2D eigenvalue weighted by Crippen LogP contribution is -2.32. The fourth-order valence-corrected chi connectivity index (χ4v) is 4.09. The predicted molar refractivity (Wildman–Crippen MR) is 131 cm³/mol. The lowest BCUT2D eigenvalue weighted by atomic mass is 10.0. The lowest BCUT2D eigenvalue weighted by Gasteiger charge is -2.27. The fourth-order valence-electron chi connectivity index (χ4n) is 4.09. The number of rotatable bonds is 12. The maximum Gasteiger partial charge on any atom is 0.231 e. The van der Waals surface area contributed by atoms with Crippen molar-refractivity contribution in [2.75, 3.05) is 14.2 Å². The van der Waals surface area contributed by atoms with Crippen molar-refractivity contribution < 1.29 is 9.47 Å². The number of aromatic nitrogens is 8. The zero-order valence-corrected chi connectivity index (χ0v) is 20.7. The number of benzene rings is 1. The Bertz CT molecular complexity index is 1200. The molecule has 184 valence electrons. The van der Waals surface area contributed by atoms with Gasteiger partial charge in [0.05, 0.1) is 12.2 Å². The Morgan fingerprint density at radius 3 is 2.49 bits per heavy atom. The first kappa shape index (κ1) is 24.6. The number of hydrogen-bond donors (Lipinski definition) is 1. The van der Waals surface area contributed by atoms with Crippen molar-refractivity contribution in [3.8, 4) is 22.6 Å². The molecule has 0 radical (unpaired) electrons. The highest BCUT2D eigenvalue weighted by Gasteiger charge is 2.37. The van der Waals surface area contributed by atoms with Crippen LogP contribution in [0.25, 0.3) is 22.6 Å². The van der Waals surface area contributed by atoms with Gasteiger partial charge in [0.1, 0.15) is 5.82 Å². The maximum absolute atomic E-state index is 5.79. The molecule has 1 aromatic carbocycles. The van der Waals surface area contributed by atoms with E-state index in [1.807, 2.05) is 16.8 Å². The highest BCUT2D eigenvalue weighted by Crippen LogP contribution is 2.31. The monoisotopic (exact) mass is 476 g/mol. The molecule has 3 aromatic heterocycles. The minimum absolute atomic E-state index is 0.513. The van der Waals surface area contributed by atoms with Gasteiger partial charge in [0.15, 0.2) is 0 Å². The van der Waals surface area contributed by atoms with Crippen LogP contribution in [0.4, 0.5) is 0 Å². The van der Waals surface area contributed by atoms with Crippen LogP contribution in [-0.2, 0) is 28.2 Å². The molecule has 0 unspecified atom stereocenters. The predicted octanol–water partition coefficient (Wildman–Crippen LogP) is 4.16. The van der Waals surface area contributed by atoms with E-state index in [-0.39, 0.29) is 0 Å². The SMILES string of the molecule is CCCCC(OC)(OC)c1nc(CCC)n(Cc2ccc(-c3ncccc3-c3nn[nH]n3)cc2)n1. The summed E-state index contributed by atoms with van der Waals surface area (Å²) in [4.78, 5) is 9.39. The highest BCUT2D eigenvalue weighted by molar-refractivity contribution is 5.76. The van der Waals surface area contributed by atoms with Crippen molar-refractivity contribution in [2.24, 2.45) is 0 Å². The molecule has 0 atom stereocenters. The van der Waals surface area contributed by atoms with Gasteiger partial charge in [0.25, 0.3) is 0 Å². The molecule has 0 amide bonds. The third-order valence-electron chi connectivity index (χ3n) is 6.04. The Balaban J connectivity index is 1.61. The zero-order chi connectivity index (χ0) is 24.7. The fraction of sp³-hybridized carbons (Fsp3) is 0.440. The number of methoxy groups -OCH3 is 2. The van der Waals surface area contributed by atoms with Crippen molar-refractivity contribution in [3.63, 3.8) is 0 Å². The van der Waals surface area contributed by atoms with Crippen LogP contribution in [0.15, 0.2) is 42.6 Å². The van der Waals surface area contributed by atoms with Crippen molar-refractivity contribution in [1.29, 1.82) is 0 Å². The lowest BCUT2D eigenvalue weighted by molar-refractivity contribution is -0.226. The Morgan fingerprint density at radius 2 is 1.83 bits per heavy atom. The standard InChI is InChI=1S/C25H32N8O2/c1-5-7-15-25(34-3,35-4)24-27-21(9-6-2)33(30-24)17-18-11-13-19(14-12-18)22-20(10-8-16-26-22)23-28-31-32-29-23/h8,10-14,16H,5-7,9,15,17H2,1-4H3,(H,28,29,31,32). The number of aryl methyl sites for hydroxylation is 1.